The summed E-state index contributed by atoms with van der Waals surface area (Å²) in [5, 5.41) is 5.51. The summed E-state index contributed by atoms with van der Waals surface area (Å²) in [6, 6.07) is 4.14. The number of carbonyl (C=O) groups excluding carboxylic acids is 1. The predicted octanol–water partition coefficient (Wildman–Crippen LogP) is 1.76. The van der Waals surface area contributed by atoms with Gasteiger partial charge in [0, 0.05) is 38.0 Å². The molecule has 7 nitrogen and oxygen atoms in total. The second kappa shape index (κ2) is 9.03. The molecule has 0 aliphatic carbocycles. The molecule has 1 aromatic heterocycles. The normalized spacial score (nSPS) is 22.7. The van der Waals surface area contributed by atoms with Gasteiger partial charge in [-0.15, -0.1) is 11.3 Å². The van der Waals surface area contributed by atoms with E-state index in [0.717, 1.165) is 31.9 Å². The summed E-state index contributed by atoms with van der Waals surface area (Å²) in [6.45, 7) is 5.93. The number of rotatable bonds is 5. The van der Waals surface area contributed by atoms with E-state index in [0.29, 0.717) is 19.8 Å². The molecule has 0 aromatic carbocycles. The van der Waals surface area contributed by atoms with E-state index in [1.54, 1.807) is 30.3 Å². The van der Waals surface area contributed by atoms with Gasteiger partial charge in [0.1, 0.15) is 6.54 Å². The SMILES string of the molecule is CN(C)C(=O)CN=C(NCc1cccs1)N1CCCC(C2(C)OCCO2)C1. The van der Waals surface area contributed by atoms with E-state index < -0.39 is 5.79 Å². The Balaban J connectivity index is 1.69. The highest BCUT2D eigenvalue weighted by atomic mass is 32.1. The van der Waals surface area contributed by atoms with E-state index in [1.165, 1.54) is 4.88 Å². The summed E-state index contributed by atoms with van der Waals surface area (Å²) in [7, 11) is 3.51. The number of hydrogen-bond donors (Lipinski definition) is 1. The number of likely N-dealkylation sites (N-methyl/N-ethyl adjacent to an activating group) is 1. The summed E-state index contributed by atoms with van der Waals surface area (Å²) in [5.41, 5.74) is 0. The molecule has 2 fully saturated rings. The second-order valence-corrected chi connectivity index (χ2v) is 8.39. The minimum Gasteiger partial charge on any atom is -0.351 e. The third-order valence-corrected chi connectivity index (χ3v) is 6.06. The van der Waals surface area contributed by atoms with Crippen LogP contribution in [0, 0.1) is 5.92 Å². The zero-order chi connectivity index (χ0) is 19.3. The van der Waals surface area contributed by atoms with E-state index in [2.05, 4.69) is 26.7 Å². The summed E-state index contributed by atoms with van der Waals surface area (Å²) in [6.07, 6.45) is 2.12. The topological polar surface area (TPSA) is 66.4 Å². The molecule has 1 atom stereocenters. The van der Waals surface area contributed by atoms with Gasteiger partial charge in [0.2, 0.25) is 5.91 Å². The van der Waals surface area contributed by atoms with E-state index in [1.807, 2.05) is 13.0 Å². The Labute approximate surface area is 165 Å². The highest BCUT2D eigenvalue weighted by Gasteiger charge is 2.42. The number of likely N-dealkylation sites (tertiary alicyclic amines) is 1. The van der Waals surface area contributed by atoms with Crippen molar-refractivity contribution in [2.45, 2.75) is 32.1 Å². The number of nitrogens with one attached hydrogen (secondary N) is 1. The molecule has 8 heteroatoms. The number of thiophene rings is 1. The zero-order valence-electron chi connectivity index (χ0n) is 16.4. The number of carbonyl (C=O) groups is 1. The number of amides is 1. The molecule has 0 saturated carbocycles. The molecule has 3 rings (SSSR count). The fourth-order valence-electron chi connectivity index (χ4n) is 3.49. The molecular weight excluding hydrogens is 364 g/mol. The summed E-state index contributed by atoms with van der Waals surface area (Å²) < 4.78 is 11.8. The van der Waals surface area contributed by atoms with Crippen molar-refractivity contribution in [3.63, 3.8) is 0 Å². The minimum absolute atomic E-state index is 0.00611. The molecule has 0 radical (unpaired) electrons. The summed E-state index contributed by atoms with van der Waals surface area (Å²) >= 11 is 1.71. The van der Waals surface area contributed by atoms with Crippen molar-refractivity contribution >= 4 is 23.2 Å². The summed E-state index contributed by atoms with van der Waals surface area (Å²) in [5.74, 6) is 0.544. The smallest absolute Gasteiger partial charge is 0.243 e. The van der Waals surface area contributed by atoms with Gasteiger partial charge in [-0.05, 0) is 31.2 Å². The molecule has 2 aliphatic rings. The van der Waals surface area contributed by atoms with Crippen LogP contribution in [0.15, 0.2) is 22.5 Å². The second-order valence-electron chi connectivity index (χ2n) is 7.36. The lowest BCUT2D eigenvalue weighted by Gasteiger charge is -2.41. The third-order valence-electron chi connectivity index (χ3n) is 5.19. The average Bonchev–Trinajstić information content (AvgIpc) is 3.34. The van der Waals surface area contributed by atoms with Crippen LogP contribution in [0.25, 0.3) is 0 Å². The number of ether oxygens (including phenoxy) is 2. The van der Waals surface area contributed by atoms with Gasteiger partial charge in [0.25, 0.3) is 0 Å². The van der Waals surface area contributed by atoms with Crippen LogP contribution in [0.4, 0.5) is 0 Å². The molecule has 150 valence electrons. The quantitative estimate of drug-likeness (QED) is 0.609. The molecular formula is C19H30N4O3S. The molecule has 1 aromatic rings. The lowest BCUT2D eigenvalue weighted by atomic mass is 9.90. The Kier molecular flexibility index (Phi) is 6.73. The Morgan fingerprint density at radius 2 is 2.22 bits per heavy atom. The molecule has 1 amide bonds. The third kappa shape index (κ3) is 5.21. The predicted molar refractivity (Wildman–Crippen MR) is 107 cm³/mol. The van der Waals surface area contributed by atoms with Crippen LogP contribution in [-0.4, -0.2) is 74.4 Å². The average molecular weight is 395 g/mol. The maximum Gasteiger partial charge on any atom is 0.243 e. The first-order valence-corrected chi connectivity index (χ1v) is 10.4. The van der Waals surface area contributed by atoms with Crippen LogP contribution in [0.2, 0.25) is 0 Å². The van der Waals surface area contributed by atoms with Crippen molar-refractivity contribution in [2.24, 2.45) is 10.9 Å². The van der Waals surface area contributed by atoms with Crippen LogP contribution in [0.5, 0.6) is 0 Å². The zero-order valence-corrected chi connectivity index (χ0v) is 17.3. The number of guanidine groups is 1. The molecule has 0 bridgehead atoms. The van der Waals surface area contributed by atoms with Crippen molar-refractivity contribution < 1.29 is 14.3 Å². The monoisotopic (exact) mass is 394 g/mol. The standard InChI is InChI=1S/C19H30N4O3S/c1-19(25-9-10-26-19)15-6-4-8-23(14-15)18(21-13-17(24)22(2)3)20-12-16-7-5-11-27-16/h5,7,11,15H,4,6,8-10,12-14H2,1-3H3,(H,20,21). The maximum absolute atomic E-state index is 12.0. The maximum atomic E-state index is 12.0. The van der Waals surface area contributed by atoms with Crippen molar-refractivity contribution in [3.05, 3.63) is 22.4 Å². The molecule has 1 unspecified atom stereocenters. The van der Waals surface area contributed by atoms with Crippen LogP contribution in [-0.2, 0) is 20.8 Å². The number of aliphatic imine (C=N–C) groups is 1. The van der Waals surface area contributed by atoms with Gasteiger partial charge < -0.3 is 24.6 Å². The van der Waals surface area contributed by atoms with Gasteiger partial charge in [-0.1, -0.05) is 6.07 Å². The number of nitrogens with zero attached hydrogens (tertiary/aromatic N) is 3. The number of hydrogen-bond acceptors (Lipinski definition) is 5. The fourth-order valence-corrected chi connectivity index (χ4v) is 4.14. The molecule has 2 saturated heterocycles. The first-order chi connectivity index (χ1) is 13.0. The van der Waals surface area contributed by atoms with Gasteiger partial charge in [-0.3, -0.25) is 4.79 Å². The molecule has 3 heterocycles. The highest BCUT2D eigenvalue weighted by Crippen LogP contribution is 2.34. The van der Waals surface area contributed by atoms with Crippen molar-refractivity contribution in [1.82, 2.24) is 15.1 Å². The van der Waals surface area contributed by atoms with Gasteiger partial charge in [0.15, 0.2) is 11.7 Å². The molecule has 0 spiro atoms. The Hall–Kier alpha value is -1.64. The first kappa shape index (κ1) is 20.1. The van der Waals surface area contributed by atoms with E-state index in [4.69, 9.17) is 9.47 Å². The molecule has 1 N–H and O–H groups in total. The van der Waals surface area contributed by atoms with Crippen molar-refractivity contribution in [3.8, 4) is 0 Å². The lowest BCUT2D eigenvalue weighted by Crippen LogP contribution is -2.52. The van der Waals surface area contributed by atoms with Crippen LogP contribution < -0.4 is 5.32 Å². The van der Waals surface area contributed by atoms with E-state index in [-0.39, 0.29) is 18.4 Å². The van der Waals surface area contributed by atoms with Gasteiger partial charge in [-0.2, -0.15) is 0 Å². The molecule has 2 aliphatic heterocycles. The van der Waals surface area contributed by atoms with Crippen LogP contribution in [0.3, 0.4) is 0 Å². The Morgan fingerprint density at radius 1 is 1.44 bits per heavy atom. The van der Waals surface area contributed by atoms with Gasteiger partial charge in [-0.25, -0.2) is 4.99 Å². The van der Waals surface area contributed by atoms with Crippen LogP contribution in [0.1, 0.15) is 24.6 Å². The van der Waals surface area contributed by atoms with E-state index in [9.17, 15) is 4.79 Å². The van der Waals surface area contributed by atoms with Crippen molar-refractivity contribution in [1.29, 1.82) is 0 Å². The van der Waals surface area contributed by atoms with Gasteiger partial charge >= 0.3 is 0 Å². The molecule has 27 heavy (non-hydrogen) atoms. The minimum atomic E-state index is -0.517. The van der Waals surface area contributed by atoms with E-state index >= 15 is 0 Å². The number of piperidine rings is 1. The first-order valence-electron chi connectivity index (χ1n) is 9.51. The highest BCUT2D eigenvalue weighted by molar-refractivity contribution is 7.09. The summed E-state index contributed by atoms with van der Waals surface area (Å²) in [4.78, 5) is 21.7. The Morgan fingerprint density at radius 3 is 2.89 bits per heavy atom. The Bertz CT molecular complexity index is 641. The van der Waals surface area contributed by atoms with Gasteiger partial charge in [0.05, 0.1) is 19.8 Å². The lowest BCUT2D eigenvalue weighted by molar-refractivity contribution is -0.189. The fraction of sp³-hybridized carbons (Fsp3) is 0.684. The van der Waals surface area contributed by atoms with Crippen molar-refractivity contribution in [2.75, 3.05) is 46.9 Å². The van der Waals surface area contributed by atoms with Crippen LogP contribution >= 0.6 is 11.3 Å². The largest absolute Gasteiger partial charge is 0.351 e.